The monoisotopic (exact) mass is 275 g/mol. The fourth-order valence-electron chi connectivity index (χ4n) is 3.00. The number of hydrogen-bond acceptors (Lipinski definition) is 4. The Morgan fingerprint density at radius 2 is 1.78 bits per heavy atom. The zero-order valence-corrected chi connectivity index (χ0v) is 12.4. The molecule has 0 radical (unpaired) electrons. The number of likely N-dealkylation sites (tertiary alicyclic amines) is 1. The maximum atomic E-state index is 11.4. The van der Waals surface area contributed by atoms with Crippen LogP contribution in [-0.4, -0.2) is 68.7 Å². The van der Waals surface area contributed by atoms with Gasteiger partial charge in [0.2, 0.25) is 10.0 Å². The first-order chi connectivity index (χ1) is 8.36. The molecule has 2 saturated heterocycles. The molecule has 0 aliphatic carbocycles. The Labute approximate surface area is 111 Å². The van der Waals surface area contributed by atoms with Gasteiger partial charge in [-0.2, -0.15) is 0 Å². The van der Waals surface area contributed by atoms with E-state index in [0.29, 0.717) is 31.2 Å². The normalized spacial score (nSPS) is 33.1. The molecule has 0 bridgehead atoms. The zero-order chi connectivity index (χ0) is 13.3. The second-order valence-corrected chi connectivity index (χ2v) is 7.81. The Bertz CT molecular complexity index is 367. The Kier molecular flexibility index (Phi) is 4.31. The van der Waals surface area contributed by atoms with Crippen molar-refractivity contribution in [2.75, 3.05) is 32.9 Å². The van der Waals surface area contributed by atoms with E-state index in [1.165, 1.54) is 12.7 Å². The topological polar surface area (TPSA) is 52.7 Å². The third kappa shape index (κ3) is 3.44. The average molecular weight is 275 g/mol. The van der Waals surface area contributed by atoms with Crippen LogP contribution in [0.2, 0.25) is 0 Å². The van der Waals surface area contributed by atoms with Crippen LogP contribution in [0.1, 0.15) is 26.2 Å². The first kappa shape index (κ1) is 14.2. The molecule has 0 aromatic rings. The van der Waals surface area contributed by atoms with Crippen molar-refractivity contribution in [2.24, 2.45) is 0 Å². The van der Waals surface area contributed by atoms with E-state index in [-0.39, 0.29) is 0 Å². The second-order valence-electron chi connectivity index (χ2n) is 5.82. The molecule has 2 fully saturated rings. The lowest BCUT2D eigenvalue weighted by Crippen LogP contribution is -2.48. The number of piperidine rings is 1. The van der Waals surface area contributed by atoms with E-state index in [4.69, 9.17) is 0 Å². The summed E-state index contributed by atoms with van der Waals surface area (Å²) in [7, 11) is -0.831. The van der Waals surface area contributed by atoms with Crippen LogP contribution in [0.5, 0.6) is 0 Å². The molecular weight excluding hydrogens is 250 g/mol. The molecule has 2 unspecified atom stereocenters. The Balaban J connectivity index is 1.78. The summed E-state index contributed by atoms with van der Waals surface area (Å²) in [6.45, 7) is 4.69. The fraction of sp³-hybridized carbons (Fsp3) is 1.00. The van der Waals surface area contributed by atoms with Gasteiger partial charge in [0.15, 0.2) is 0 Å². The zero-order valence-electron chi connectivity index (χ0n) is 11.6. The van der Waals surface area contributed by atoms with Gasteiger partial charge in [-0.3, -0.25) is 0 Å². The molecule has 0 amide bonds. The van der Waals surface area contributed by atoms with Crippen molar-refractivity contribution in [1.82, 2.24) is 14.5 Å². The molecule has 0 saturated carbocycles. The predicted octanol–water partition coefficient (Wildman–Crippen LogP) is 0.0926. The molecule has 6 heteroatoms. The van der Waals surface area contributed by atoms with E-state index in [0.717, 1.165) is 19.4 Å². The highest BCUT2D eigenvalue weighted by atomic mass is 32.2. The highest BCUT2D eigenvalue weighted by Gasteiger charge is 2.30. The Morgan fingerprint density at radius 1 is 1.17 bits per heavy atom. The SMILES string of the molecule is CC1CC(NC2CCN(S(C)(=O)=O)CC2)CN1C. The van der Waals surface area contributed by atoms with Crippen molar-refractivity contribution in [3.8, 4) is 0 Å². The van der Waals surface area contributed by atoms with Gasteiger partial charge in [0.1, 0.15) is 0 Å². The van der Waals surface area contributed by atoms with Gasteiger partial charge in [0, 0.05) is 37.8 Å². The first-order valence-electron chi connectivity index (χ1n) is 6.77. The molecule has 0 aromatic carbocycles. The lowest BCUT2D eigenvalue weighted by atomic mass is 10.0. The number of rotatable bonds is 3. The predicted molar refractivity (Wildman–Crippen MR) is 73.1 cm³/mol. The van der Waals surface area contributed by atoms with Crippen molar-refractivity contribution in [3.05, 3.63) is 0 Å². The van der Waals surface area contributed by atoms with Gasteiger partial charge in [-0.25, -0.2) is 12.7 Å². The second kappa shape index (κ2) is 5.45. The number of nitrogens with zero attached hydrogens (tertiary/aromatic N) is 2. The first-order valence-corrected chi connectivity index (χ1v) is 8.62. The summed E-state index contributed by atoms with van der Waals surface area (Å²) < 4.78 is 24.4. The lowest BCUT2D eigenvalue weighted by molar-refractivity contribution is 0.271. The standard InChI is InChI=1S/C12H25N3O2S/c1-10-8-12(9-14(10)2)13-11-4-6-15(7-5-11)18(3,16)17/h10-13H,4-9H2,1-3H3. The van der Waals surface area contributed by atoms with Crippen molar-refractivity contribution < 1.29 is 8.42 Å². The van der Waals surface area contributed by atoms with Gasteiger partial charge in [-0.1, -0.05) is 0 Å². The van der Waals surface area contributed by atoms with Gasteiger partial charge in [-0.15, -0.1) is 0 Å². The summed E-state index contributed by atoms with van der Waals surface area (Å²) in [6.07, 6.45) is 4.36. The lowest BCUT2D eigenvalue weighted by Gasteiger charge is -2.32. The van der Waals surface area contributed by atoms with Crippen LogP contribution in [0, 0.1) is 0 Å². The molecule has 0 aromatic heterocycles. The third-order valence-corrected chi connectivity index (χ3v) is 5.58. The van der Waals surface area contributed by atoms with E-state index in [1.54, 1.807) is 4.31 Å². The van der Waals surface area contributed by atoms with Gasteiger partial charge in [0.05, 0.1) is 6.26 Å². The molecule has 2 rings (SSSR count). The molecule has 0 spiro atoms. The molecule has 2 aliphatic heterocycles. The van der Waals surface area contributed by atoms with E-state index in [2.05, 4.69) is 24.2 Å². The summed E-state index contributed by atoms with van der Waals surface area (Å²) in [5.41, 5.74) is 0. The van der Waals surface area contributed by atoms with Gasteiger partial charge in [-0.05, 0) is 33.2 Å². The van der Waals surface area contributed by atoms with E-state index < -0.39 is 10.0 Å². The number of nitrogens with one attached hydrogen (secondary N) is 1. The Hall–Kier alpha value is -0.170. The van der Waals surface area contributed by atoms with E-state index in [9.17, 15) is 8.42 Å². The minimum Gasteiger partial charge on any atom is -0.310 e. The van der Waals surface area contributed by atoms with Gasteiger partial charge < -0.3 is 10.2 Å². The number of sulfonamides is 1. The summed E-state index contributed by atoms with van der Waals surface area (Å²) in [5, 5.41) is 3.69. The largest absolute Gasteiger partial charge is 0.310 e. The van der Waals surface area contributed by atoms with Crippen molar-refractivity contribution in [1.29, 1.82) is 0 Å². The summed E-state index contributed by atoms with van der Waals surface area (Å²) in [4.78, 5) is 2.38. The van der Waals surface area contributed by atoms with Crippen molar-refractivity contribution in [3.63, 3.8) is 0 Å². The van der Waals surface area contributed by atoms with Crippen LogP contribution in [0.3, 0.4) is 0 Å². The van der Waals surface area contributed by atoms with Crippen LogP contribution in [0.4, 0.5) is 0 Å². The highest BCUT2D eigenvalue weighted by molar-refractivity contribution is 7.88. The molecule has 18 heavy (non-hydrogen) atoms. The van der Waals surface area contributed by atoms with E-state index in [1.807, 2.05) is 0 Å². The van der Waals surface area contributed by atoms with Crippen molar-refractivity contribution in [2.45, 2.75) is 44.3 Å². The maximum absolute atomic E-state index is 11.4. The van der Waals surface area contributed by atoms with Crippen molar-refractivity contribution >= 4 is 10.0 Å². The van der Waals surface area contributed by atoms with E-state index >= 15 is 0 Å². The maximum Gasteiger partial charge on any atom is 0.211 e. The van der Waals surface area contributed by atoms with Crippen LogP contribution >= 0.6 is 0 Å². The number of hydrogen-bond donors (Lipinski definition) is 1. The minimum atomic E-state index is -3.00. The van der Waals surface area contributed by atoms with Gasteiger partial charge >= 0.3 is 0 Å². The molecule has 2 atom stereocenters. The molecule has 5 nitrogen and oxygen atoms in total. The molecule has 2 aliphatic rings. The quantitative estimate of drug-likeness (QED) is 0.793. The molecular formula is C12H25N3O2S. The minimum absolute atomic E-state index is 0.478. The average Bonchev–Trinajstić information content (AvgIpc) is 2.57. The molecule has 106 valence electrons. The van der Waals surface area contributed by atoms with Crippen LogP contribution in [-0.2, 0) is 10.0 Å². The third-order valence-electron chi connectivity index (χ3n) is 4.28. The van der Waals surface area contributed by atoms with Gasteiger partial charge in [0.25, 0.3) is 0 Å². The van der Waals surface area contributed by atoms with Crippen LogP contribution in [0.25, 0.3) is 0 Å². The number of likely N-dealkylation sites (N-methyl/N-ethyl adjacent to an activating group) is 1. The summed E-state index contributed by atoms with van der Waals surface area (Å²) in [5.74, 6) is 0. The molecule has 1 N–H and O–H groups in total. The molecule has 2 heterocycles. The summed E-state index contributed by atoms with van der Waals surface area (Å²) in [6, 6.07) is 1.70. The smallest absolute Gasteiger partial charge is 0.211 e. The van der Waals surface area contributed by atoms with Crippen LogP contribution in [0.15, 0.2) is 0 Å². The van der Waals surface area contributed by atoms with Crippen LogP contribution < -0.4 is 5.32 Å². The Morgan fingerprint density at radius 3 is 2.22 bits per heavy atom. The highest BCUT2D eigenvalue weighted by Crippen LogP contribution is 2.19. The summed E-state index contributed by atoms with van der Waals surface area (Å²) >= 11 is 0. The fourth-order valence-corrected chi connectivity index (χ4v) is 3.88.